The second-order valence-corrected chi connectivity index (χ2v) is 8.58. The number of hydrogen-bond donors (Lipinski definition) is 1. The van der Waals surface area contributed by atoms with Gasteiger partial charge in [0.25, 0.3) is 0 Å². The maximum Gasteiger partial charge on any atom is 0.208 e. The van der Waals surface area contributed by atoms with Crippen molar-refractivity contribution in [2.45, 2.75) is 19.5 Å². The Labute approximate surface area is 202 Å². The van der Waals surface area contributed by atoms with Gasteiger partial charge in [0.15, 0.2) is 11.4 Å². The molecule has 3 heterocycles. The number of imidazole rings is 1. The Morgan fingerprint density at radius 2 is 2.14 bits per heavy atom. The minimum absolute atomic E-state index is 0.201. The number of hydrogen-bond acceptors (Lipinski definition) is 6. The van der Waals surface area contributed by atoms with Gasteiger partial charge in [-0.05, 0) is 37.4 Å². The van der Waals surface area contributed by atoms with Gasteiger partial charge < -0.3 is 15.0 Å². The molecule has 5 rings (SSSR count). The van der Waals surface area contributed by atoms with Crippen LogP contribution in [0.2, 0.25) is 0 Å². The maximum atomic E-state index is 14.6. The van der Waals surface area contributed by atoms with Gasteiger partial charge in [-0.2, -0.15) is 5.26 Å². The summed E-state index contributed by atoms with van der Waals surface area (Å²) in [6, 6.07) is 10.9. The molecule has 8 nitrogen and oxygen atoms in total. The van der Waals surface area contributed by atoms with Gasteiger partial charge in [0.2, 0.25) is 5.95 Å². The van der Waals surface area contributed by atoms with Crippen molar-refractivity contribution < 1.29 is 9.13 Å². The number of benzene rings is 2. The van der Waals surface area contributed by atoms with Crippen LogP contribution < -0.4 is 10.1 Å². The smallest absolute Gasteiger partial charge is 0.208 e. The summed E-state index contributed by atoms with van der Waals surface area (Å²) in [5, 5.41) is 12.7. The largest absolute Gasteiger partial charge is 0.493 e. The lowest BCUT2D eigenvalue weighted by atomic mass is 10.0. The van der Waals surface area contributed by atoms with Gasteiger partial charge in [-0.3, -0.25) is 4.40 Å². The van der Waals surface area contributed by atoms with Gasteiger partial charge in [0, 0.05) is 42.4 Å². The summed E-state index contributed by atoms with van der Waals surface area (Å²) in [6.45, 7) is 9.15. The fourth-order valence-corrected chi connectivity index (χ4v) is 4.39. The molecule has 0 bridgehead atoms. The molecule has 0 saturated heterocycles. The number of nitriles is 1. The third kappa shape index (κ3) is 4.14. The topological polar surface area (TPSA) is 82.8 Å². The van der Waals surface area contributed by atoms with Crippen molar-refractivity contribution in [3.63, 3.8) is 0 Å². The van der Waals surface area contributed by atoms with Crippen LogP contribution in [-0.2, 0) is 19.5 Å². The quantitative estimate of drug-likeness (QED) is 0.419. The summed E-state index contributed by atoms with van der Waals surface area (Å²) >= 11 is 0. The highest BCUT2D eigenvalue weighted by molar-refractivity contribution is 5.87. The van der Waals surface area contributed by atoms with E-state index in [1.807, 2.05) is 37.2 Å². The molecule has 2 aromatic heterocycles. The van der Waals surface area contributed by atoms with Gasteiger partial charge in [-0.15, -0.1) is 0 Å². The zero-order valence-corrected chi connectivity index (χ0v) is 19.3. The predicted octanol–water partition coefficient (Wildman–Crippen LogP) is 4.57. The van der Waals surface area contributed by atoms with Crippen molar-refractivity contribution in [2.75, 3.05) is 26.0 Å². The van der Waals surface area contributed by atoms with E-state index >= 15 is 0 Å². The van der Waals surface area contributed by atoms with E-state index in [9.17, 15) is 9.65 Å². The lowest BCUT2D eigenvalue weighted by molar-refractivity contribution is 0.356. The van der Waals surface area contributed by atoms with Crippen molar-refractivity contribution in [2.24, 2.45) is 0 Å². The van der Waals surface area contributed by atoms with Gasteiger partial charge in [0.1, 0.15) is 23.3 Å². The SMILES string of the molecule is [C-]#[N+]c1cc(CN(C)C)ccc1-c1cnc(NCc2c(F)ccc3c2CCO3)n2cc(C#N)nc12. The van der Waals surface area contributed by atoms with Crippen LogP contribution in [0.4, 0.5) is 16.0 Å². The summed E-state index contributed by atoms with van der Waals surface area (Å²) in [7, 11) is 3.95. The Morgan fingerprint density at radius 1 is 1.29 bits per heavy atom. The van der Waals surface area contributed by atoms with Crippen LogP contribution in [0.5, 0.6) is 5.75 Å². The van der Waals surface area contributed by atoms with Crippen LogP contribution in [0.25, 0.3) is 21.6 Å². The molecule has 4 aromatic rings. The molecule has 0 unspecified atom stereocenters. The van der Waals surface area contributed by atoms with Crippen LogP contribution in [0.3, 0.4) is 0 Å². The average Bonchev–Trinajstić information content (AvgIpc) is 3.50. The molecule has 0 radical (unpaired) electrons. The summed E-state index contributed by atoms with van der Waals surface area (Å²) in [5.41, 5.74) is 4.93. The Hall–Kier alpha value is -4.47. The lowest BCUT2D eigenvalue weighted by Crippen LogP contribution is -2.10. The number of rotatable bonds is 6. The van der Waals surface area contributed by atoms with Gasteiger partial charge in [0.05, 0.1) is 19.4 Å². The summed E-state index contributed by atoms with van der Waals surface area (Å²) in [6.07, 6.45) is 3.87. The Morgan fingerprint density at radius 3 is 2.91 bits per heavy atom. The molecule has 0 aliphatic carbocycles. The van der Waals surface area contributed by atoms with Crippen LogP contribution in [-0.4, -0.2) is 40.0 Å². The highest BCUT2D eigenvalue weighted by Crippen LogP contribution is 2.35. The fourth-order valence-electron chi connectivity index (χ4n) is 4.39. The minimum atomic E-state index is -0.308. The fraction of sp³-hybridized carbons (Fsp3) is 0.231. The summed E-state index contributed by atoms with van der Waals surface area (Å²) < 4.78 is 21.8. The standard InChI is InChI=1S/C26H22FN7O/c1-29-23-10-16(14-33(2)3)4-5-18(23)21-13-31-26(34-15-17(11-28)32-25(21)34)30-12-20-19-8-9-35-24(19)7-6-22(20)27/h4-7,10,13,15H,8-9,12,14H2,2-3H3,(H,30,31). The number of ether oxygens (including phenoxy) is 1. The number of halogens is 1. The van der Waals surface area contributed by atoms with Crippen molar-refractivity contribution >= 4 is 17.3 Å². The van der Waals surface area contributed by atoms with Gasteiger partial charge in [-0.25, -0.2) is 19.2 Å². The van der Waals surface area contributed by atoms with Crippen LogP contribution in [0, 0.1) is 23.7 Å². The van der Waals surface area contributed by atoms with Gasteiger partial charge >= 0.3 is 0 Å². The molecule has 174 valence electrons. The third-order valence-electron chi connectivity index (χ3n) is 5.94. The molecule has 0 amide bonds. The highest BCUT2D eigenvalue weighted by atomic mass is 19.1. The second kappa shape index (κ2) is 9.05. The number of nitrogens with one attached hydrogen (secondary N) is 1. The molecular formula is C26H22FN7O. The average molecular weight is 468 g/mol. The maximum absolute atomic E-state index is 14.6. The van der Waals surface area contributed by atoms with E-state index in [-0.39, 0.29) is 18.1 Å². The molecular weight excluding hydrogens is 445 g/mol. The molecule has 35 heavy (non-hydrogen) atoms. The lowest BCUT2D eigenvalue weighted by Gasteiger charge is -2.14. The normalized spacial score (nSPS) is 12.3. The first-order chi connectivity index (χ1) is 17.0. The molecule has 2 aromatic carbocycles. The zero-order chi connectivity index (χ0) is 24.5. The molecule has 0 atom stereocenters. The molecule has 1 N–H and O–H groups in total. The van der Waals surface area contributed by atoms with Crippen molar-refractivity contribution in [1.29, 1.82) is 5.26 Å². The van der Waals surface area contributed by atoms with E-state index < -0.39 is 0 Å². The number of fused-ring (bicyclic) bond motifs is 2. The van der Waals surface area contributed by atoms with E-state index in [0.29, 0.717) is 59.3 Å². The van der Waals surface area contributed by atoms with Crippen LogP contribution in [0.1, 0.15) is 22.4 Å². The number of aromatic nitrogens is 3. The monoisotopic (exact) mass is 467 g/mol. The van der Waals surface area contributed by atoms with E-state index in [4.69, 9.17) is 11.3 Å². The van der Waals surface area contributed by atoms with Crippen molar-refractivity contribution in [3.05, 3.63) is 82.3 Å². The van der Waals surface area contributed by atoms with E-state index in [1.54, 1.807) is 22.9 Å². The van der Waals surface area contributed by atoms with E-state index in [0.717, 1.165) is 11.1 Å². The Kier molecular flexibility index (Phi) is 5.77. The van der Waals surface area contributed by atoms with Crippen LogP contribution in [0.15, 0.2) is 42.7 Å². The third-order valence-corrected chi connectivity index (χ3v) is 5.94. The molecule has 1 aliphatic rings. The second-order valence-electron chi connectivity index (χ2n) is 8.58. The van der Waals surface area contributed by atoms with E-state index in [1.165, 1.54) is 6.07 Å². The summed E-state index contributed by atoms with van der Waals surface area (Å²) in [4.78, 5) is 14.8. The Balaban J connectivity index is 1.55. The van der Waals surface area contributed by atoms with Gasteiger partial charge in [-0.1, -0.05) is 18.2 Å². The van der Waals surface area contributed by atoms with Crippen molar-refractivity contribution in [3.8, 4) is 22.9 Å². The number of anilines is 1. The molecule has 0 fully saturated rings. The predicted molar refractivity (Wildman–Crippen MR) is 130 cm³/mol. The number of nitrogens with zero attached hydrogens (tertiary/aromatic N) is 6. The molecule has 9 heteroatoms. The highest BCUT2D eigenvalue weighted by Gasteiger charge is 2.21. The molecule has 0 saturated carbocycles. The first-order valence-electron chi connectivity index (χ1n) is 11.1. The van der Waals surface area contributed by atoms with E-state index in [2.05, 4.69) is 26.2 Å². The van der Waals surface area contributed by atoms with Crippen LogP contribution >= 0.6 is 0 Å². The first-order valence-corrected chi connectivity index (χ1v) is 11.1. The molecule has 0 spiro atoms. The first kappa shape index (κ1) is 22.3. The molecule has 1 aliphatic heterocycles. The zero-order valence-electron chi connectivity index (χ0n) is 19.3. The Bertz CT molecular complexity index is 1530. The van der Waals surface area contributed by atoms with Crippen molar-refractivity contribution in [1.82, 2.24) is 19.3 Å². The summed E-state index contributed by atoms with van der Waals surface area (Å²) in [5.74, 6) is 0.815. The minimum Gasteiger partial charge on any atom is -0.493 e.